The molecular formula is C15H18N4O. The molecule has 1 fully saturated rings. The number of nitrogens with zero attached hydrogens (tertiary/aromatic N) is 3. The van der Waals surface area contributed by atoms with Crippen LogP contribution in [0.4, 0.5) is 0 Å². The number of benzene rings is 1. The summed E-state index contributed by atoms with van der Waals surface area (Å²) in [5, 5.41) is 12.3. The lowest BCUT2D eigenvalue weighted by atomic mass is 10.1. The van der Waals surface area contributed by atoms with E-state index >= 15 is 0 Å². The maximum Gasteiger partial charge on any atom is 0.171 e. The van der Waals surface area contributed by atoms with Gasteiger partial charge in [0, 0.05) is 13.1 Å². The zero-order valence-electron chi connectivity index (χ0n) is 11.3. The van der Waals surface area contributed by atoms with Crippen molar-refractivity contribution in [2.24, 2.45) is 5.92 Å². The van der Waals surface area contributed by atoms with Gasteiger partial charge in [-0.2, -0.15) is 0 Å². The van der Waals surface area contributed by atoms with Crippen LogP contribution in [0.1, 0.15) is 30.5 Å². The van der Waals surface area contributed by atoms with E-state index in [1.54, 1.807) is 0 Å². The topological polar surface area (TPSA) is 52.0 Å². The van der Waals surface area contributed by atoms with Crippen molar-refractivity contribution in [1.29, 1.82) is 0 Å². The molecule has 104 valence electrons. The molecule has 0 bridgehead atoms. The molecular weight excluding hydrogens is 252 g/mol. The standard InChI is InChI=1S/C15H18N4O/c1-2-4-12(5-3-1)20-10-13-17-18-15-14(11-6-7-11)16-8-9-19(13)15/h1-5,11,14,16H,6-10H2. The average Bonchev–Trinajstić information content (AvgIpc) is 3.26. The number of hydrogen-bond acceptors (Lipinski definition) is 4. The Morgan fingerprint density at radius 1 is 1.20 bits per heavy atom. The highest BCUT2D eigenvalue weighted by molar-refractivity contribution is 5.21. The molecule has 1 aliphatic heterocycles. The molecule has 1 N–H and O–H groups in total. The molecule has 1 atom stereocenters. The van der Waals surface area contributed by atoms with E-state index in [9.17, 15) is 0 Å². The molecule has 2 aliphatic rings. The minimum absolute atomic E-state index is 0.390. The van der Waals surface area contributed by atoms with Gasteiger partial charge in [0.2, 0.25) is 0 Å². The predicted octanol–water partition coefficient (Wildman–Crippen LogP) is 1.91. The first-order chi connectivity index (χ1) is 9.92. The van der Waals surface area contributed by atoms with Crippen molar-refractivity contribution in [3.63, 3.8) is 0 Å². The summed E-state index contributed by atoms with van der Waals surface area (Å²) in [6.45, 7) is 2.40. The molecule has 2 aromatic rings. The minimum atomic E-state index is 0.390. The summed E-state index contributed by atoms with van der Waals surface area (Å²) in [5.41, 5.74) is 0. The summed E-state index contributed by atoms with van der Waals surface area (Å²) in [6.07, 6.45) is 2.61. The molecule has 0 spiro atoms. The fourth-order valence-corrected chi connectivity index (χ4v) is 2.82. The van der Waals surface area contributed by atoms with Gasteiger partial charge in [-0.25, -0.2) is 0 Å². The molecule has 1 unspecified atom stereocenters. The molecule has 4 rings (SSSR count). The van der Waals surface area contributed by atoms with Crippen molar-refractivity contribution >= 4 is 0 Å². The van der Waals surface area contributed by atoms with E-state index in [0.29, 0.717) is 12.6 Å². The van der Waals surface area contributed by atoms with Gasteiger partial charge in [0.05, 0.1) is 6.04 Å². The molecule has 2 heterocycles. The first-order valence-corrected chi connectivity index (χ1v) is 7.25. The second kappa shape index (κ2) is 4.90. The number of aromatic nitrogens is 3. The van der Waals surface area contributed by atoms with Gasteiger partial charge in [0.25, 0.3) is 0 Å². The van der Waals surface area contributed by atoms with Crippen molar-refractivity contribution in [2.45, 2.75) is 32.0 Å². The Morgan fingerprint density at radius 3 is 2.85 bits per heavy atom. The zero-order chi connectivity index (χ0) is 13.4. The molecule has 5 nitrogen and oxygen atoms in total. The SMILES string of the molecule is c1ccc(OCc2nnc3n2CCNC3C2CC2)cc1. The van der Waals surface area contributed by atoms with Crippen LogP contribution in [0.3, 0.4) is 0 Å². The summed E-state index contributed by atoms with van der Waals surface area (Å²) >= 11 is 0. The first kappa shape index (κ1) is 11.9. The van der Waals surface area contributed by atoms with E-state index in [1.807, 2.05) is 30.3 Å². The van der Waals surface area contributed by atoms with Crippen LogP contribution in [-0.4, -0.2) is 21.3 Å². The quantitative estimate of drug-likeness (QED) is 0.922. The van der Waals surface area contributed by atoms with Crippen LogP contribution in [0, 0.1) is 5.92 Å². The van der Waals surface area contributed by atoms with E-state index in [4.69, 9.17) is 4.74 Å². The average molecular weight is 270 g/mol. The highest BCUT2D eigenvalue weighted by Crippen LogP contribution is 2.41. The van der Waals surface area contributed by atoms with E-state index in [-0.39, 0.29) is 0 Å². The smallest absolute Gasteiger partial charge is 0.171 e. The van der Waals surface area contributed by atoms with Gasteiger partial charge in [0.15, 0.2) is 11.6 Å². The molecule has 1 aromatic heterocycles. The molecule has 0 amide bonds. The number of rotatable bonds is 4. The van der Waals surface area contributed by atoms with Gasteiger partial charge in [-0.3, -0.25) is 0 Å². The van der Waals surface area contributed by atoms with Crippen LogP contribution in [0.5, 0.6) is 5.75 Å². The van der Waals surface area contributed by atoms with Gasteiger partial charge in [-0.1, -0.05) is 18.2 Å². The second-order valence-corrected chi connectivity index (χ2v) is 5.50. The maximum atomic E-state index is 5.78. The lowest BCUT2D eigenvalue weighted by Gasteiger charge is -2.24. The fraction of sp³-hybridized carbons (Fsp3) is 0.467. The third-order valence-electron chi connectivity index (χ3n) is 4.04. The summed E-state index contributed by atoms with van der Waals surface area (Å²) in [6, 6.07) is 10.2. The van der Waals surface area contributed by atoms with Gasteiger partial charge >= 0.3 is 0 Å². The van der Waals surface area contributed by atoms with Crippen molar-refractivity contribution in [3.8, 4) is 5.75 Å². The summed E-state index contributed by atoms with van der Waals surface area (Å²) in [4.78, 5) is 0. The lowest BCUT2D eigenvalue weighted by molar-refractivity contribution is 0.282. The van der Waals surface area contributed by atoms with E-state index in [2.05, 4.69) is 20.1 Å². The number of fused-ring (bicyclic) bond motifs is 1. The van der Waals surface area contributed by atoms with Crippen LogP contribution in [-0.2, 0) is 13.2 Å². The third kappa shape index (κ3) is 2.18. The fourth-order valence-electron chi connectivity index (χ4n) is 2.82. The Bertz CT molecular complexity index is 591. The van der Waals surface area contributed by atoms with E-state index in [1.165, 1.54) is 12.8 Å². The molecule has 1 aromatic carbocycles. The highest BCUT2D eigenvalue weighted by atomic mass is 16.5. The van der Waals surface area contributed by atoms with Crippen molar-refractivity contribution < 1.29 is 4.74 Å². The predicted molar refractivity (Wildman–Crippen MR) is 74.3 cm³/mol. The van der Waals surface area contributed by atoms with Gasteiger partial charge in [-0.05, 0) is 30.9 Å². The monoisotopic (exact) mass is 270 g/mol. The zero-order valence-corrected chi connectivity index (χ0v) is 11.3. The van der Waals surface area contributed by atoms with Gasteiger partial charge in [-0.15, -0.1) is 10.2 Å². The number of ether oxygens (including phenoxy) is 1. The van der Waals surface area contributed by atoms with Crippen molar-refractivity contribution in [2.75, 3.05) is 6.54 Å². The lowest BCUT2D eigenvalue weighted by Crippen LogP contribution is -2.35. The van der Waals surface area contributed by atoms with Gasteiger partial charge < -0.3 is 14.6 Å². The highest BCUT2D eigenvalue weighted by Gasteiger charge is 2.37. The Morgan fingerprint density at radius 2 is 2.05 bits per heavy atom. The van der Waals surface area contributed by atoms with E-state index < -0.39 is 0 Å². The molecule has 20 heavy (non-hydrogen) atoms. The molecule has 1 saturated carbocycles. The Labute approximate surface area is 118 Å². The van der Waals surface area contributed by atoms with Crippen LogP contribution in [0.15, 0.2) is 30.3 Å². The van der Waals surface area contributed by atoms with Crippen molar-refractivity contribution in [3.05, 3.63) is 42.0 Å². The molecule has 0 saturated heterocycles. The van der Waals surface area contributed by atoms with Crippen LogP contribution < -0.4 is 10.1 Å². The molecule has 5 heteroatoms. The summed E-state index contributed by atoms with van der Waals surface area (Å²) in [7, 11) is 0. The third-order valence-corrected chi connectivity index (χ3v) is 4.04. The molecule has 1 aliphatic carbocycles. The van der Waals surface area contributed by atoms with E-state index in [0.717, 1.165) is 36.4 Å². The number of para-hydroxylation sites is 1. The Kier molecular flexibility index (Phi) is 2.92. The maximum absolute atomic E-state index is 5.78. The Hall–Kier alpha value is -1.88. The summed E-state index contributed by atoms with van der Waals surface area (Å²) in [5.74, 6) is 3.64. The van der Waals surface area contributed by atoms with Crippen LogP contribution in [0.25, 0.3) is 0 Å². The minimum Gasteiger partial charge on any atom is -0.486 e. The largest absolute Gasteiger partial charge is 0.486 e. The first-order valence-electron chi connectivity index (χ1n) is 7.25. The van der Waals surface area contributed by atoms with Crippen molar-refractivity contribution in [1.82, 2.24) is 20.1 Å². The number of nitrogens with one attached hydrogen (secondary N) is 1. The number of hydrogen-bond donors (Lipinski definition) is 1. The normalized spacial score (nSPS) is 21.5. The van der Waals surface area contributed by atoms with Gasteiger partial charge in [0.1, 0.15) is 12.4 Å². The second-order valence-electron chi connectivity index (χ2n) is 5.50. The Balaban J connectivity index is 1.52. The van der Waals surface area contributed by atoms with Crippen LogP contribution in [0.2, 0.25) is 0 Å². The summed E-state index contributed by atoms with van der Waals surface area (Å²) < 4.78 is 8.01. The molecule has 0 radical (unpaired) electrons. The van der Waals surface area contributed by atoms with Crippen LogP contribution >= 0.6 is 0 Å².